The lowest BCUT2D eigenvalue weighted by Crippen LogP contribution is -2.40. The number of carboxylic acids is 1. The van der Waals surface area contributed by atoms with Crippen molar-refractivity contribution in [1.82, 2.24) is 14.5 Å². The molecule has 0 aromatic carbocycles. The number of thiazole rings is 1. The first-order valence-corrected chi connectivity index (χ1v) is 9.27. The predicted octanol–water partition coefficient (Wildman–Crippen LogP) is 3.12. The van der Waals surface area contributed by atoms with Crippen molar-refractivity contribution in [3.63, 3.8) is 0 Å². The average Bonchev–Trinajstić information content (AvgIpc) is 3.25. The molecule has 25 heavy (non-hydrogen) atoms. The van der Waals surface area contributed by atoms with Crippen molar-refractivity contribution in [1.29, 1.82) is 0 Å². The maximum absolute atomic E-state index is 13.0. The summed E-state index contributed by atoms with van der Waals surface area (Å²) in [4.78, 5) is 30.8. The van der Waals surface area contributed by atoms with E-state index >= 15 is 0 Å². The zero-order valence-electron chi connectivity index (χ0n) is 14.9. The summed E-state index contributed by atoms with van der Waals surface area (Å²) in [6.45, 7) is 8.42. The van der Waals surface area contributed by atoms with Crippen molar-refractivity contribution < 1.29 is 14.7 Å². The molecule has 3 heterocycles. The minimum absolute atomic E-state index is 0.0226. The molecule has 2 aromatic rings. The second-order valence-electron chi connectivity index (χ2n) is 7.03. The zero-order chi connectivity index (χ0) is 18.4. The Labute approximate surface area is 151 Å². The number of aryl methyl sites for hydroxylation is 1. The molecule has 0 radical (unpaired) electrons. The number of rotatable bonds is 4. The molecule has 6 nitrogen and oxygen atoms in total. The predicted molar refractivity (Wildman–Crippen MR) is 96.3 cm³/mol. The van der Waals surface area contributed by atoms with Crippen LogP contribution in [0, 0.1) is 25.2 Å². The van der Waals surface area contributed by atoms with Crippen molar-refractivity contribution in [2.75, 3.05) is 13.1 Å². The second-order valence-corrected chi connectivity index (χ2v) is 7.90. The highest BCUT2D eigenvalue weighted by Gasteiger charge is 2.48. The molecule has 7 heteroatoms. The van der Waals surface area contributed by atoms with Crippen LogP contribution >= 0.6 is 11.3 Å². The first-order chi connectivity index (χ1) is 11.8. The fraction of sp³-hybridized carbons (Fsp3) is 0.500. The first kappa shape index (κ1) is 17.7. The third-order valence-electron chi connectivity index (χ3n) is 5.39. The van der Waals surface area contributed by atoms with Gasteiger partial charge in [0.05, 0.1) is 11.0 Å². The molecule has 0 saturated carbocycles. The van der Waals surface area contributed by atoms with E-state index in [4.69, 9.17) is 0 Å². The van der Waals surface area contributed by atoms with E-state index in [0.717, 1.165) is 16.5 Å². The molecule has 1 N–H and O–H groups in total. The Morgan fingerprint density at radius 1 is 1.36 bits per heavy atom. The summed E-state index contributed by atoms with van der Waals surface area (Å²) < 4.78 is 1.97. The van der Waals surface area contributed by atoms with Crippen LogP contribution in [-0.4, -0.2) is 44.5 Å². The summed E-state index contributed by atoms with van der Waals surface area (Å²) in [6.07, 6.45) is 2.24. The van der Waals surface area contributed by atoms with Gasteiger partial charge in [-0.15, -0.1) is 11.3 Å². The number of carboxylic acid groups (broad SMARTS) is 1. The first-order valence-electron chi connectivity index (χ1n) is 8.39. The molecular weight excluding hydrogens is 338 g/mol. The Morgan fingerprint density at radius 3 is 2.60 bits per heavy atom. The molecule has 1 aliphatic rings. The molecule has 0 aliphatic carbocycles. The molecule has 2 aromatic heterocycles. The Balaban J connectivity index is 1.91. The van der Waals surface area contributed by atoms with Crippen molar-refractivity contribution in [2.24, 2.45) is 11.3 Å². The van der Waals surface area contributed by atoms with Crippen molar-refractivity contribution >= 4 is 23.2 Å². The van der Waals surface area contributed by atoms with E-state index in [-0.39, 0.29) is 18.4 Å². The van der Waals surface area contributed by atoms with Crippen LogP contribution in [0.15, 0.2) is 17.6 Å². The van der Waals surface area contributed by atoms with Crippen LogP contribution < -0.4 is 0 Å². The van der Waals surface area contributed by atoms with E-state index in [9.17, 15) is 14.7 Å². The molecule has 0 spiro atoms. The number of carbonyl (C=O) groups is 2. The number of nitrogens with zero attached hydrogens (tertiary/aromatic N) is 3. The van der Waals surface area contributed by atoms with Crippen LogP contribution in [0.25, 0.3) is 5.13 Å². The number of carbonyl (C=O) groups excluding carboxylic acids is 1. The van der Waals surface area contributed by atoms with Crippen molar-refractivity contribution in [3.05, 3.63) is 34.6 Å². The van der Waals surface area contributed by atoms with Crippen LogP contribution in [0.3, 0.4) is 0 Å². The normalized spacial score (nSPS) is 20.4. The maximum Gasteiger partial charge on any atom is 0.311 e. The Kier molecular flexibility index (Phi) is 4.45. The van der Waals surface area contributed by atoms with Gasteiger partial charge in [-0.1, -0.05) is 13.8 Å². The minimum atomic E-state index is -0.851. The fourth-order valence-corrected chi connectivity index (χ4v) is 4.42. The smallest absolute Gasteiger partial charge is 0.311 e. The van der Waals surface area contributed by atoms with E-state index < -0.39 is 11.4 Å². The molecule has 1 unspecified atom stereocenters. The summed E-state index contributed by atoms with van der Waals surface area (Å²) in [5.41, 5.74) is 1.56. The quantitative estimate of drug-likeness (QED) is 0.908. The van der Waals surface area contributed by atoms with Gasteiger partial charge in [-0.05, 0) is 32.3 Å². The van der Waals surface area contributed by atoms with E-state index in [1.54, 1.807) is 11.1 Å². The molecule has 1 aliphatic heterocycles. The van der Waals surface area contributed by atoms with Crippen LogP contribution in [0.2, 0.25) is 0 Å². The molecule has 1 atom stereocenters. The van der Waals surface area contributed by atoms with E-state index in [2.05, 4.69) is 4.98 Å². The maximum atomic E-state index is 13.0. The highest BCUT2D eigenvalue weighted by Crippen LogP contribution is 2.39. The van der Waals surface area contributed by atoms with E-state index in [1.807, 2.05) is 43.7 Å². The van der Waals surface area contributed by atoms with Gasteiger partial charge >= 0.3 is 5.97 Å². The number of likely N-dealkylation sites (tertiary alicyclic amines) is 1. The zero-order valence-corrected chi connectivity index (χ0v) is 15.8. The topological polar surface area (TPSA) is 75.4 Å². The number of aliphatic carboxylic acids is 1. The molecule has 1 amide bonds. The number of hydrogen-bond donors (Lipinski definition) is 1. The number of aromatic nitrogens is 2. The second kappa shape index (κ2) is 6.29. The lowest BCUT2D eigenvalue weighted by molar-refractivity contribution is -0.150. The number of hydrogen-bond acceptors (Lipinski definition) is 4. The summed E-state index contributed by atoms with van der Waals surface area (Å²) in [5, 5.41) is 12.4. The van der Waals surface area contributed by atoms with Gasteiger partial charge in [-0.3, -0.25) is 14.2 Å². The summed E-state index contributed by atoms with van der Waals surface area (Å²) in [5.74, 6) is -0.934. The SMILES string of the molecule is Cc1cc(C(=O)N2CCC(C(=O)O)(C(C)C)C2)c(C)n1-c1nccs1. The fourth-order valence-electron chi connectivity index (χ4n) is 3.67. The average molecular weight is 361 g/mol. The van der Waals surface area contributed by atoms with Gasteiger partial charge in [0.1, 0.15) is 0 Å². The highest BCUT2D eigenvalue weighted by molar-refractivity contribution is 7.12. The summed E-state index contributed by atoms with van der Waals surface area (Å²) in [7, 11) is 0. The summed E-state index contributed by atoms with van der Waals surface area (Å²) >= 11 is 1.52. The van der Waals surface area contributed by atoms with E-state index in [0.29, 0.717) is 18.5 Å². The van der Waals surface area contributed by atoms with Gasteiger partial charge in [0.15, 0.2) is 5.13 Å². The molecule has 3 rings (SSSR count). The highest BCUT2D eigenvalue weighted by atomic mass is 32.1. The Morgan fingerprint density at radius 2 is 2.08 bits per heavy atom. The van der Waals surface area contributed by atoms with Gasteiger partial charge in [-0.25, -0.2) is 4.98 Å². The Hall–Kier alpha value is -2.15. The molecule has 1 saturated heterocycles. The third-order valence-corrected chi connectivity index (χ3v) is 6.15. The van der Waals surface area contributed by atoms with Crippen LogP contribution in [0.1, 0.15) is 42.0 Å². The summed E-state index contributed by atoms with van der Waals surface area (Å²) in [6, 6.07) is 1.87. The monoisotopic (exact) mass is 361 g/mol. The van der Waals surface area contributed by atoms with Gasteiger partial charge < -0.3 is 10.0 Å². The minimum Gasteiger partial charge on any atom is -0.481 e. The Bertz CT molecular complexity index is 810. The third kappa shape index (κ3) is 2.76. The van der Waals surface area contributed by atoms with Crippen LogP contribution in [0.5, 0.6) is 0 Å². The van der Waals surface area contributed by atoms with Crippen molar-refractivity contribution in [3.8, 4) is 5.13 Å². The number of amides is 1. The van der Waals surface area contributed by atoms with Crippen molar-refractivity contribution in [2.45, 2.75) is 34.1 Å². The van der Waals surface area contributed by atoms with Gasteiger partial charge in [0.25, 0.3) is 5.91 Å². The standard InChI is InChI=1S/C18H23N3O3S/c1-11(2)18(16(23)24)5-7-20(10-18)15(22)14-9-12(3)21(13(14)4)17-19-6-8-25-17/h6,8-9,11H,5,7,10H2,1-4H3,(H,23,24). The van der Waals surface area contributed by atoms with Gasteiger partial charge in [0.2, 0.25) is 0 Å². The van der Waals surface area contributed by atoms with Gasteiger partial charge in [-0.2, -0.15) is 0 Å². The lowest BCUT2D eigenvalue weighted by atomic mass is 9.76. The van der Waals surface area contributed by atoms with Crippen LogP contribution in [0.4, 0.5) is 0 Å². The molecular formula is C18H23N3O3S. The lowest BCUT2D eigenvalue weighted by Gasteiger charge is -2.28. The van der Waals surface area contributed by atoms with Crippen LogP contribution in [-0.2, 0) is 4.79 Å². The van der Waals surface area contributed by atoms with Gasteiger partial charge in [0, 0.05) is 36.1 Å². The molecule has 134 valence electrons. The largest absolute Gasteiger partial charge is 0.481 e. The van der Waals surface area contributed by atoms with E-state index in [1.165, 1.54) is 11.3 Å². The molecule has 1 fully saturated rings. The molecule has 0 bridgehead atoms.